The van der Waals surface area contributed by atoms with Crippen molar-refractivity contribution in [3.63, 3.8) is 0 Å². The van der Waals surface area contributed by atoms with Crippen LogP contribution in [0.15, 0.2) is 22.6 Å². The molecule has 1 aromatic carbocycles. The van der Waals surface area contributed by atoms with Crippen LogP contribution in [0.2, 0.25) is 0 Å². The van der Waals surface area contributed by atoms with Gasteiger partial charge in [0.15, 0.2) is 5.58 Å². The van der Waals surface area contributed by atoms with Gasteiger partial charge in [-0.3, -0.25) is 4.90 Å². The highest BCUT2D eigenvalue weighted by atomic mass is 16.3. The van der Waals surface area contributed by atoms with Crippen LogP contribution >= 0.6 is 0 Å². The highest BCUT2D eigenvalue weighted by Gasteiger charge is 2.14. The largest absolute Gasteiger partial charge is 0.439 e. The Hall–Kier alpha value is -1.55. The number of nitrogens with zero attached hydrogens (tertiary/aromatic N) is 2. The van der Waals surface area contributed by atoms with Gasteiger partial charge in [0.1, 0.15) is 5.52 Å². The normalized spacial score (nSPS) is 11.8. The molecule has 20 heavy (non-hydrogen) atoms. The number of benzene rings is 1. The Kier molecular flexibility index (Phi) is 5.01. The zero-order valence-electron chi connectivity index (χ0n) is 12.7. The zero-order chi connectivity index (χ0) is 14.5. The van der Waals surface area contributed by atoms with Crippen LogP contribution in [0.4, 0.5) is 5.69 Å². The predicted octanol–water partition coefficient (Wildman–Crippen LogP) is 3.81. The maximum Gasteiger partial charge on any atom is 0.209 e. The maximum absolute atomic E-state index is 5.92. The summed E-state index contributed by atoms with van der Waals surface area (Å²) in [5.41, 5.74) is 8.16. The fraction of sp³-hybridized carbons (Fsp3) is 0.562. The van der Waals surface area contributed by atoms with E-state index in [0.717, 1.165) is 30.1 Å². The Morgan fingerprint density at radius 3 is 2.75 bits per heavy atom. The number of nitrogen functional groups attached to an aromatic ring is 1. The molecule has 2 aromatic rings. The smallest absolute Gasteiger partial charge is 0.209 e. The SMILES string of the molecule is CCCCCN(Cc1nc2c(N)cccc2o1)C(C)C. The molecule has 1 aromatic heterocycles. The van der Waals surface area contributed by atoms with Gasteiger partial charge in [0.25, 0.3) is 0 Å². The molecule has 0 amide bonds. The van der Waals surface area contributed by atoms with Gasteiger partial charge in [0.05, 0.1) is 12.2 Å². The Morgan fingerprint density at radius 2 is 2.10 bits per heavy atom. The van der Waals surface area contributed by atoms with Crippen molar-refractivity contribution < 1.29 is 4.42 Å². The van der Waals surface area contributed by atoms with E-state index >= 15 is 0 Å². The van der Waals surface area contributed by atoms with Gasteiger partial charge in [-0.1, -0.05) is 25.8 Å². The van der Waals surface area contributed by atoms with Crippen molar-refractivity contribution in [1.82, 2.24) is 9.88 Å². The minimum Gasteiger partial charge on any atom is -0.439 e. The average molecular weight is 275 g/mol. The van der Waals surface area contributed by atoms with E-state index in [2.05, 4.69) is 30.7 Å². The summed E-state index contributed by atoms with van der Waals surface area (Å²) in [7, 11) is 0. The van der Waals surface area contributed by atoms with Crippen LogP contribution in [0.1, 0.15) is 45.9 Å². The van der Waals surface area contributed by atoms with E-state index < -0.39 is 0 Å². The lowest BCUT2D eigenvalue weighted by Gasteiger charge is -2.24. The van der Waals surface area contributed by atoms with Crippen molar-refractivity contribution in [2.24, 2.45) is 0 Å². The van der Waals surface area contributed by atoms with Crippen molar-refractivity contribution in [3.05, 3.63) is 24.1 Å². The fourth-order valence-electron chi connectivity index (χ4n) is 2.34. The van der Waals surface area contributed by atoms with E-state index in [-0.39, 0.29) is 0 Å². The maximum atomic E-state index is 5.92. The minimum absolute atomic E-state index is 0.485. The molecule has 2 N–H and O–H groups in total. The number of oxazole rings is 1. The first-order valence-corrected chi connectivity index (χ1v) is 7.49. The summed E-state index contributed by atoms with van der Waals surface area (Å²) < 4.78 is 5.80. The van der Waals surface area contributed by atoms with Gasteiger partial charge < -0.3 is 10.2 Å². The summed E-state index contributed by atoms with van der Waals surface area (Å²) in [6.45, 7) is 8.48. The van der Waals surface area contributed by atoms with Gasteiger partial charge in [0.2, 0.25) is 5.89 Å². The summed E-state index contributed by atoms with van der Waals surface area (Å²) >= 11 is 0. The van der Waals surface area contributed by atoms with Crippen molar-refractivity contribution in [3.8, 4) is 0 Å². The first-order valence-electron chi connectivity index (χ1n) is 7.49. The molecule has 0 fully saturated rings. The van der Waals surface area contributed by atoms with E-state index in [1.54, 1.807) is 0 Å². The molecule has 0 saturated carbocycles. The second-order valence-corrected chi connectivity index (χ2v) is 5.57. The van der Waals surface area contributed by atoms with Gasteiger partial charge in [-0.2, -0.15) is 0 Å². The number of rotatable bonds is 7. The van der Waals surface area contributed by atoms with E-state index in [9.17, 15) is 0 Å². The van der Waals surface area contributed by atoms with E-state index in [1.807, 2.05) is 18.2 Å². The van der Waals surface area contributed by atoms with Crippen LogP contribution in [0, 0.1) is 0 Å². The van der Waals surface area contributed by atoms with E-state index in [0.29, 0.717) is 11.7 Å². The molecule has 0 unspecified atom stereocenters. The van der Waals surface area contributed by atoms with Crippen LogP contribution in [0.3, 0.4) is 0 Å². The third kappa shape index (κ3) is 3.51. The number of para-hydroxylation sites is 1. The minimum atomic E-state index is 0.485. The van der Waals surface area contributed by atoms with Crippen molar-refractivity contribution in [2.45, 2.75) is 52.6 Å². The Labute approximate surface area is 121 Å². The molecule has 0 aliphatic heterocycles. The fourth-order valence-corrected chi connectivity index (χ4v) is 2.34. The molecule has 0 aliphatic carbocycles. The molecule has 0 radical (unpaired) electrons. The molecule has 0 spiro atoms. The van der Waals surface area contributed by atoms with Crippen LogP contribution in [0.25, 0.3) is 11.1 Å². The van der Waals surface area contributed by atoms with Gasteiger partial charge >= 0.3 is 0 Å². The molecule has 0 atom stereocenters. The summed E-state index contributed by atoms with van der Waals surface area (Å²) in [4.78, 5) is 6.93. The topological polar surface area (TPSA) is 55.3 Å². The number of hydrogen-bond donors (Lipinski definition) is 1. The molecule has 0 aliphatic rings. The van der Waals surface area contributed by atoms with E-state index in [1.165, 1.54) is 19.3 Å². The van der Waals surface area contributed by atoms with Gasteiger partial charge in [0, 0.05) is 6.04 Å². The number of aromatic nitrogens is 1. The monoisotopic (exact) mass is 275 g/mol. The lowest BCUT2D eigenvalue weighted by atomic mass is 10.2. The number of unbranched alkanes of at least 4 members (excludes halogenated alkanes) is 2. The third-order valence-electron chi connectivity index (χ3n) is 3.61. The standard InChI is InChI=1S/C16H25N3O/c1-4-5-6-10-19(12(2)3)11-15-18-16-13(17)8-7-9-14(16)20-15/h7-9,12H,4-6,10-11,17H2,1-3H3. The average Bonchev–Trinajstić information content (AvgIpc) is 2.82. The van der Waals surface area contributed by atoms with Crippen LogP contribution < -0.4 is 5.73 Å². The second kappa shape index (κ2) is 6.75. The Morgan fingerprint density at radius 1 is 1.30 bits per heavy atom. The summed E-state index contributed by atoms with van der Waals surface area (Å²) in [5.74, 6) is 0.753. The predicted molar refractivity (Wildman–Crippen MR) is 83.5 cm³/mol. The molecule has 1 heterocycles. The zero-order valence-corrected chi connectivity index (χ0v) is 12.7. The lowest BCUT2D eigenvalue weighted by Crippen LogP contribution is -2.31. The lowest BCUT2D eigenvalue weighted by molar-refractivity contribution is 0.190. The number of nitrogens with two attached hydrogens (primary N) is 1. The first-order chi connectivity index (χ1) is 9.61. The quantitative estimate of drug-likeness (QED) is 0.616. The molecular weight excluding hydrogens is 250 g/mol. The molecular formula is C16H25N3O. The second-order valence-electron chi connectivity index (χ2n) is 5.57. The van der Waals surface area contributed by atoms with E-state index in [4.69, 9.17) is 10.2 Å². The molecule has 0 saturated heterocycles. The molecule has 110 valence electrons. The van der Waals surface area contributed by atoms with Crippen molar-refractivity contribution >= 4 is 16.8 Å². The molecule has 4 heteroatoms. The highest BCUT2D eigenvalue weighted by Crippen LogP contribution is 2.22. The number of hydrogen-bond acceptors (Lipinski definition) is 4. The van der Waals surface area contributed by atoms with Gasteiger partial charge in [-0.25, -0.2) is 4.98 Å². The Bertz CT molecular complexity index is 548. The Balaban J connectivity index is 2.10. The van der Waals surface area contributed by atoms with Crippen LogP contribution in [-0.2, 0) is 6.54 Å². The number of fused-ring (bicyclic) bond motifs is 1. The van der Waals surface area contributed by atoms with Gasteiger partial charge in [-0.05, 0) is 38.9 Å². The first kappa shape index (κ1) is 14.9. The van der Waals surface area contributed by atoms with Crippen molar-refractivity contribution in [2.75, 3.05) is 12.3 Å². The third-order valence-corrected chi connectivity index (χ3v) is 3.61. The molecule has 4 nitrogen and oxygen atoms in total. The summed E-state index contributed by atoms with van der Waals surface area (Å²) in [5, 5.41) is 0. The summed E-state index contributed by atoms with van der Waals surface area (Å²) in [6, 6.07) is 6.16. The number of anilines is 1. The molecule has 0 bridgehead atoms. The summed E-state index contributed by atoms with van der Waals surface area (Å²) in [6.07, 6.45) is 3.73. The molecule has 2 rings (SSSR count). The van der Waals surface area contributed by atoms with Gasteiger partial charge in [-0.15, -0.1) is 0 Å². The van der Waals surface area contributed by atoms with Crippen molar-refractivity contribution in [1.29, 1.82) is 0 Å². The highest BCUT2D eigenvalue weighted by molar-refractivity contribution is 5.85. The van der Waals surface area contributed by atoms with Crippen LogP contribution in [-0.4, -0.2) is 22.5 Å². The van der Waals surface area contributed by atoms with Crippen LogP contribution in [0.5, 0.6) is 0 Å².